The third kappa shape index (κ3) is 3.01. The van der Waals surface area contributed by atoms with Crippen molar-refractivity contribution in [3.8, 4) is 0 Å². The molecule has 0 radical (unpaired) electrons. The highest BCUT2D eigenvalue weighted by molar-refractivity contribution is 9.10. The van der Waals surface area contributed by atoms with Crippen LogP contribution >= 0.6 is 15.9 Å². The first-order valence-corrected chi connectivity index (χ1v) is 8.74. The van der Waals surface area contributed by atoms with Crippen LogP contribution in [0.25, 0.3) is 0 Å². The van der Waals surface area contributed by atoms with Gasteiger partial charge in [0.25, 0.3) is 5.56 Å². The summed E-state index contributed by atoms with van der Waals surface area (Å²) >= 11 is 3.46. The van der Waals surface area contributed by atoms with E-state index in [0.29, 0.717) is 17.1 Å². The van der Waals surface area contributed by atoms with Crippen LogP contribution in [-0.4, -0.2) is 35.5 Å². The Morgan fingerprint density at radius 1 is 1.38 bits per heavy atom. The highest BCUT2D eigenvalue weighted by Gasteiger charge is 2.29. The monoisotopic (exact) mass is 354 g/mol. The van der Waals surface area contributed by atoms with Gasteiger partial charge in [-0.3, -0.25) is 4.79 Å². The molecule has 3 rings (SSSR count). The maximum Gasteiger partial charge on any atom is 0.283 e. The summed E-state index contributed by atoms with van der Waals surface area (Å²) in [5.41, 5.74) is 0.914. The predicted octanol–water partition coefficient (Wildman–Crippen LogP) is 1.99. The van der Waals surface area contributed by atoms with Crippen molar-refractivity contribution in [2.24, 2.45) is 5.92 Å². The first-order valence-electron chi connectivity index (χ1n) is 7.94. The Morgan fingerprint density at radius 3 is 2.76 bits per heavy atom. The van der Waals surface area contributed by atoms with Gasteiger partial charge >= 0.3 is 0 Å². The molecule has 21 heavy (non-hydrogen) atoms. The summed E-state index contributed by atoms with van der Waals surface area (Å²) < 4.78 is 2.14. The van der Waals surface area contributed by atoms with Gasteiger partial charge in [0, 0.05) is 25.7 Å². The summed E-state index contributed by atoms with van der Waals surface area (Å²) in [5.74, 6) is 0.784. The molecule has 116 valence electrons. The molecule has 5 nitrogen and oxygen atoms in total. The minimum absolute atomic E-state index is 0.0328. The molecule has 2 aliphatic rings. The van der Waals surface area contributed by atoms with Crippen molar-refractivity contribution < 1.29 is 0 Å². The van der Waals surface area contributed by atoms with E-state index in [4.69, 9.17) is 0 Å². The van der Waals surface area contributed by atoms with Crippen molar-refractivity contribution in [1.29, 1.82) is 0 Å². The first kappa shape index (κ1) is 15.0. The van der Waals surface area contributed by atoms with E-state index < -0.39 is 0 Å². The molecule has 0 aliphatic carbocycles. The SMILES string of the molecule is CCn1ncc(N2CCC(C3CCCN3)CC2)c(Br)c1=O. The van der Waals surface area contributed by atoms with Crippen LogP contribution in [0.15, 0.2) is 15.5 Å². The van der Waals surface area contributed by atoms with Crippen molar-refractivity contribution in [3.63, 3.8) is 0 Å². The largest absolute Gasteiger partial charge is 0.369 e. The minimum Gasteiger partial charge on any atom is -0.369 e. The lowest BCUT2D eigenvalue weighted by Gasteiger charge is -2.36. The molecule has 1 aromatic rings. The van der Waals surface area contributed by atoms with Crippen LogP contribution in [0.4, 0.5) is 5.69 Å². The highest BCUT2D eigenvalue weighted by Crippen LogP contribution is 2.30. The highest BCUT2D eigenvalue weighted by atomic mass is 79.9. The number of halogens is 1. The molecule has 1 atom stereocenters. The van der Waals surface area contributed by atoms with E-state index >= 15 is 0 Å². The maximum atomic E-state index is 12.2. The second-order valence-electron chi connectivity index (χ2n) is 5.99. The molecular weight excluding hydrogens is 332 g/mol. The second-order valence-corrected chi connectivity index (χ2v) is 6.79. The van der Waals surface area contributed by atoms with Gasteiger partial charge in [0.1, 0.15) is 4.47 Å². The molecule has 6 heteroatoms. The van der Waals surface area contributed by atoms with Gasteiger partial charge in [-0.05, 0) is 61.0 Å². The van der Waals surface area contributed by atoms with Crippen LogP contribution in [-0.2, 0) is 6.54 Å². The smallest absolute Gasteiger partial charge is 0.283 e. The van der Waals surface area contributed by atoms with Gasteiger partial charge in [0.2, 0.25) is 0 Å². The molecule has 0 spiro atoms. The number of anilines is 1. The van der Waals surface area contributed by atoms with Crippen molar-refractivity contribution >= 4 is 21.6 Å². The molecule has 1 unspecified atom stereocenters. The molecular formula is C15H23BrN4O. The standard InChI is InChI=1S/C15H23BrN4O/c1-2-20-15(21)14(16)13(10-18-20)19-8-5-11(6-9-19)12-4-3-7-17-12/h10-12,17H,2-9H2,1H3. The zero-order valence-electron chi connectivity index (χ0n) is 12.5. The van der Waals surface area contributed by atoms with Crippen LogP contribution in [0, 0.1) is 5.92 Å². The fraction of sp³-hybridized carbons (Fsp3) is 0.733. The molecule has 0 saturated carbocycles. The first-order chi connectivity index (χ1) is 10.2. The zero-order chi connectivity index (χ0) is 14.8. The van der Waals surface area contributed by atoms with Crippen LogP contribution in [0.2, 0.25) is 0 Å². The van der Waals surface area contributed by atoms with E-state index in [2.05, 4.69) is 31.2 Å². The summed E-state index contributed by atoms with van der Waals surface area (Å²) in [5, 5.41) is 7.87. The summed E-state index contributed by atoms with van der Waals surface area (Å²) in [6, 6.07) is 0.710. The Morgan fingerprint density at radius 2 is 2.14 bits per heavy atom. The maximum absolute atomic E-state index is 12.2. The van der Waals surface area contributed by atoms with Crippen LogP contribution in [0.5, 0.6) is 0 Å². The van der Waals surface area contributed by atoms with Crippen LogP contribution < -0.4 is 15.8 Å². The van der Waals surface area contributed by atoms with Crippen LogP contribution in [0.1, 0.15) is 32.6 Å². The summed E-state index contributed by atoms with van der Waals surface area (Å²) in [6.45, 7) is 5.74. The van der Waals surface area contributed by atoms with Crippen molar-refractivity contribution in [3.05, 3.63) is 21.0 Å². The zero-order valence-corrected chi connectivity index (χ0v) is 14.1. The Hall–Kier alpha value is -0.880. The number of piperidine rings is 1. The number of nitrogens with one attached hydrogen (secondary N) is 1. The van der Waals surface area contributed by atoms with E-state index in [9.17, 15) is 4.79 Å². The molecule has 1 N–H and O–H groups in total. The van der Waals surface area contributed by atoms with E-state index in [1.807, 2.05) is 13.1 Å². The predicted molar refractivity (Wildman–Crippen MR) is 87.8 cm³/mol. The van der Waals surface area contributed by atoms with Crippen molar-refractivity contribution in [2.75, 3.05) is 24.5 Å². The number of aryl methyl sites for hydroxylation is 1. The van der Waals surface area contributed by atoms with Gasteiger partial charge in [0.05, 0.1) is 11.9 Å². The van der Waals surface area contributed by atoms with Gasteiger partial charge in [-0.1, -0.05) is 0 Å². The number of aromatic nitrogens is 2. The van der Waals surface area contributed by atoms with E-state index in [1.165, 1.54) is 36.9 Å². The van der Waals surface area contributed by atoms with E-state index in [0.717, 1.165) is 24.7 Å². The lowest BCUT2D eigenvalue weighted by molar-refractivity contribution is 0.319. The fourth-order valence-electron chi connectivity index (χ4n) is 3.56. The Kier molecular flexibility index (Phi) is 4.64. The van der Waals surface area contributed by atoms with Gasteiger partial charge in [0.15, 0.2) is 0 Å². The Balaban J connectivity index is 1.69. The quantitative estimate of drug-likeness (QED) is 0.901. The van der Waals surface area contributed by atoms with Gasteiger partial charge in [-0.15, -0.1) is 0 Å². The molecule has 2 aliphatic heterocycles. The summed E-state index contributed by atoms with van der Waals surface area (Å²) in [4.78, 5) is 14.4. The number of hydrogen-bond acceptors (Lipinski definition) is 4. The van der Waals surface area contributed by atoms with Crippen molar-refractivity contribution in [2.45, 2.75) is 45.2 Å². The second kappa shape index (κ2) is 6.48. The van der Waals surface area contributed by atoms with E-state index in [1.54, 1.807) is 0 Å². The summed E-state index contributed by atoms with van der Waals surface area (Å²) in [7, 11) is 0. The average molecular weight is 355 g/mol. The molecule has 0 amide bonds. The molecule has 2 saturated heterocycles. The normalized spacial score (nSPS) is 23.7. The Labute approximate surface area is 133 Å². The lowest BCUT2D eigenvalue weighted by Crippen LogP contribution is -2.41. The number of nitrogens with zero attached hydrogens (tertiary/aromatic N) is 3. The fourth-order valence-corrected chi connectivity index (χ4v) is 4.12. The third-order valence-electron chi connectivity index (χ3n) is 4.81. The topological polar surface area (TPSA) is 50.2 Å². The average Bonchev–Trinajstić information content (AvgIpc) is 3.05. The molecule has 2 fully saturated rings. The molecule has 0 bridgehead atoms. The van der Waals surface area contributed by atoms with Gasteiger partial charge < -0.3 is 10.2 Å². The van der Waals surface area contributed by atoms with Gasteiger partial charge in [-0.25, -0.2) is 4.68 Å². The van der Waals surface area contributed by atoms with Gasteiger partial charge in [-0.2, -0.15) is 5.10 Å². The Bertz CT molecular complexity index is 545. The minimum atomic E-state index is -0.0328. The molecule has 1 aromatic heterocycles. The van der Waals surface area contributed by atoms with E-state index in [-0.39, 0.29) is 5.56 Å². The summed E-state index contributed by atoms with van der Waals surface area (Å²) in [6.07, 6.45) is 6.85. The van der Waals surface area contributed by atoms with Crippen molar-refractivity contribution in [1.82, 2.24) is 15.1 Å². The number of hydrogen-bond donors (Lipinski definition) is 1. The molecule has 0 aromatic carbocycles. The van der Waals surface area contributed by atoms with Crippen LogP contribution in [0.3, 0.4) is 0 Å². The third-order valence-corrected chi connectivity index (χ3v) is 5.56. The molecule has 3 heterocycles. The number of rotatable bonds is 3. The lowest BCUT2D eigenvalue weighted by atomic mass is 9.88.